The molecule has 2 rings (SSSR count). The summed E-state index contributed by atoms with van der Waals surface area (Å²) in [6, 6.07) is 5.81. The Kier molecular flexibility index (Phi) is 2.46. The molecule has 0 bridgehead atoms. The Morgan fingerprint density at radius 1 is 1.27 bits per heavy atom. The maximum absolute atomic E-state index is 12.6. The molecule has 1 saturated carbocycles. The first-order chi connectivity index (χ1) is 6.98. The van der Waals surface area contributed by atoms with Gasteiger partial charge < -0.3 is 5.73 Å². The Bertz CT molecular complexity index is 359. The van der Waals surface area contributed by atoms with Gasteiger partial charge in [-0.25, -0.2) is 0 Å². The summed E-state index contributed by atoms with van der Waals surface area (Å²) in [5, 5.41) is 0. The monoisotopic (exact) mass is 215 g/mol. The van der Waals surface area contributed by atoms with Crippen molar-refractivity contribution < 1.29 is 13.2 Å². The Hall–Kier alpha value is -1.03. The van der Waals surface area contributed by atoms with Gasteiger partial charge in [0.15, 0.2) is 0 Å². The molecule has 82 valence electrons. The van der Waals surface area contributed by atoms with E-state index in [1.54, 1.807) is 6.07 Å². The topological polar surface area (TPSA) is 26.0 Å². The minimum Gasteiger partial charge on any atom is -0.327 e. The molecule has 15 heavy (non-hydrogen) atoms. The van der Waals surface area contributed by atoms with E-state index >= 15 is 0 Å². The smallest absolute Gasteiger partial charge is 0.327 e. The molecule has 0 radical (unpaired) electrons. The van der Waals surface area contributed by atoms with Gasteiger partial charge in [0, 0.05) is 6.04 Å². The fourth-order valence-corrected chi connectivity index (χ4v) is 1.76. The molecule has 1 aliphatic carbocycles. The fraction of sp³-hybridized carbons (Fsp3) is 0.455. The molecule has 1 nitrogen and oxygen atoms in total. The van der Waals surface area contributed by atoms with Gasteiger partial charge in [-0.3, -0.25) is 0 Å². The molecule has 0 saturated heterocycles. The number of alkyl halides is 3. The number of benzene rings is 1. The molecule has 1 aliphatic rings. The first-order valence-electron chi connectivity index (χ1n) is 4.89. The Labute approximate surface area is 86.1 Å². The molecule has 0 amide bonds. The van der Waals surface area contributed by atoms with Gasteiger partial charge in [-0.1, -0.05) is 18.2 Å². The Morgan fingerprint density at radius 3 is 2.40 bits per heavy atom. The average Bonchev–Trinajstić information content (AvgIpc) is 2.81. The van der Waals surface area contributed by atoms with Crippen LogP contribution in [-0.2, 0) is 12.6 Å². The third kappa shape index (κ3) is 2.31. The van der Waals surface area contributed by atoms with Crippen LogP contribution < -0.4 is 5.73 Å². The molecule has 1 aromatic carbocycles. The normalized spacial score (nSPS) is 25.3. The molecule has 0 unspecified atom stereocenters. The van der Waals surface area contributed by atoms with E-state index in [4.69, 9.17) is 5.73 Å². The van der Waals surface area contributed by atoms with Gasteiger partial charge in [0.2, 0.25) is 0 Å². The highest BCUT2D eigenvalue weighted by atomic mass is 19.4. The summed E-state index contributed by atoms with van der Waals surface area (Å²) in [4.78, 5) is 0. The van der Waals surface area contributed by atoms with E-state index in [1.807, 2.05) is 0 Å². The van der Waals surface area contributed by atoms with Gasteiger partial charge in [0.05, 0.1) is 5.56 Å². The summed E-state index contributed by atoms with van der Waals surface area (Å²) in [6.07, 6.45) is -2.97. The minimum absolute atomic E-state index is 0.0892. The van der Waals surface area contributed by atoms with E-state index in [1.165, 1.54) is 12.1 Å². The van der Waals surface area contributed by atoms with Crippen LogP contribution in [0.3, 0.4) is 0 Å². The zero-order valence-corrected chi connectivity index (χ0v) is 8.09. The largest absolute Gasteiger partial charge is 0.416 e. The third-order valence-electron chi connectivity index (χ3n) is 2.78. The van der Waals surface area contributed by atoms with Crippen molar-refractivity contribution in [3.8, 4) is 0 Å². The zero-order valence-electron chi connectivity index (χ0n) is 8.09. The molecular weight excluding hydrogens is 203 g/mol. The fourth-order valence-electron chi connectivity index (χ4n) is 1.76. The van der Waals surface area contributed by atoms with Crippen molar-refractivity contribution in [1.82, 2.24) is 0 Å². The van der Waals surface area contributed by atoms with E-state index in [0.29, 0.717) is 12.0 Å². The Morgan fingerprint density at radius 2 is 1.87 bits per heavy atom. The van der Waals surface area contributed by atoms with Crippen LogP contribution in [-0.4, -0.2) is 6.04 Å². The van der Waals surface area contributed by atoms with E-state index in [-0.39, 0.29) is 12.0 Å². The van der Waals surface area contributed by atoms with Gasteiger partial charge >= 0.3 is 6.18 Å². The van der Waals surface area contributed by atoms with Crippen LogP contribution in [0.2, 0.25) is 0 Å². The number of rotatable bonds is 2. The second-order valence-corrected chi connectivity index (χ2v) is 4.02. The maximum atomic E-state index is 12.6. The SMILES string of the molecule is N[C@@H]1C[C@@H]1Cc1ccccc1C(F)(F)F. The lowest BCUT2D eigenvalue weighted by Crippen LogP contribution is -2.11. The molecule has 0 heterocycles. The number of nitrogens with two attached hydrogens (primary N) is 1. The third-order valence-corrected chi connectivity index (χ3v) is 2.78. The lowest BCUT2D eigenvalue weighted by Gasteiger charge is -2.12. The van der Waals surface area contributed by atoms with Crippen molar-refractivity contribution in [3.63, 3.8) is 0 Å². The quantitative estimate of drug-likeness (QED) is 0.806. The van der Waals surface area contributed by atoms with Gasteiger partial charge in [0.25, 0.3) is 0 Å². The van der Waals surface area contributed by atoms with E-state index in [0.717, 1.165) is 12.5 Å². The molecular formula is C11H12F3N. The molecule has 0 aromatic heterocycles. The van der Waals surface area contributed by atoms with Crippen molar-refractivity contribution in [2.45, 2.75) is 25.1 Å². The summed E-state index contributed by atoms with van der Waals surface area (Å²) in [5.74, 6) is 0.230. The number of halogens is 3. The first-order valence-corrected chi connectivity index (χ1v) is 4.89. The predicted octanol–water partition coefficient (Wildman–Crippen LogP) is 2.60. The van der Waals surface area contributed by atoms with Gasteiger partial charge in [-0.2, -0.15) is 13.2 Å². The van der Waals surface area contributed by atoms with Gasteiger partial charge in [0.1, 0.15) is 0 Å². The number of hydrogen-bond acceptors (Lipinski definition) is 1. The minimum atomic E-state index is -4.25. The lowest BCUT2D eigenvalue weighted by atomic mass is 10.0. The lowest BCUT2D eigenvalue weighted by molar-refractivity contribution is -0.138. The van der Waals surface area contributed by atoms with Crippen LogP contribution >= 0.6 is 0 Å². The highest BCUT2D eigenvalue weighted by Crippen LogP contribution is 2.37. The van der Waals surface area contributed by atoms with Crippen molar-refractivity contribution >= 4 is 0 Å². The van der Waals surface area contributed by atoms with Crippen LogP contribution in [0, 0.1) is 5.92 Å². The first kappa shape index (κ1) is 10.5. The molecule has 2 atom stereocenters. The van der Waals surface area contributed by atoms with Crippen LogP contribution in [0.4, 0.5) is 13.2 Å². The molecule has 0 spiro atoms. The van der Waals surface area contributed by atoms with E-state index in [9.17, 15) is 13.2 Å². The van der Waals surface area contributed by atoms with Crippen molar-refractivity contribution in [2.75, 3.05) is 0 Å². The Balaban J connectivity index is 2.22. The van der Waals surface area contributed by atoms with Crippen LogP contribution in [0.25, 0.3) is 0 Å². The van der Waals surface area contributed by atoms with Crippen molar-refractivity contribution in [2.24, 2.45) is 11.7 Å². The summed E-state index contributed by atoms with van der Waals surface area (Å²) >= 11 is 0. The summed E-state index contributed by atoms with van der Waals surface area (Å²) in [7, 11) is 0. The van der Waals surface area contributed by atoms with Crippen LogP contribution in [0.15, 0.2) is 24.3 Å². The van der Waals surface area contributed by atoms with Gasteiger partial charge in [-0.05, 0) is 30.4 Å². The van der Waals surface area contributed by atoms with E-state index < -0.39 is 11.7 Å². The maximum Gasteiger partial charge on any atom is 0.416 e. The molecule has 1 fully saturated rings. The second kappa shape index (κ2) is 3.52. The second-order valence-electron chi connectivity index (χ2n) is 4.02. The van der Waals surface area contributed by atoms with Crippen LogP contribution in [0.5, 0.6) is 0 Å². The van der Waals surface area contributed by atoms with Crippen molar-refractivity contribution in [3.05, 3.63) is 35.4 Å². The highest BCUT2D eigenvalue weighted by Gasteiger charge is 2.37. The van der Waals surface area contributed by atoms with Gasteiger partial charge in [-0.15, -0.1) is 0 Å². The molecule has 2 N–H and O–H groups in total. The zero-order chi connectivity index (χ0) is 11.1. The molecule has 0 aliphatic heterocycles. The van der Waals surface area contributed by atoms with Crippen LogP contribution in [0.1, 0.15) is 17.5 Å². The molecule has 1 aromatic rings. The summed E-state index contributed by atoms with van der Waals surface area (Å²) in [5.41, 5.74) is 5.43. The summed E-state index contributed by atoms with van der Waals surface area (Å²) < 4.78 is 37.8. The van der Waals surface area contributed by atoms with E-state index in [2.05, 4.69) is 0 Å². The highest BCUT2D eigenvalue weighted by molar-refractivity contribution is 5.30. The predicted molar refractivity (Wildman–Crippen MR) is 51.2 cm³/mol. The standard InChI is InChI=1S/C11H12F3N/c12-11(13,14)9-4-2-1-3-7(9)5-8-6-10(8)15/h1-4,8,10H,5-6,15H2/t8-,10+/m0/s1. The molecule has 4 heteroatoms. The average molecular weight is 215 g/mol. The van der Waals surface area contributed by atoms with Crippen molar-refractivity contribution in [1.29, 1.82) is 0 Å². The number of hydrogen-bond donors (Lipinski definition) is 1. The summed E-state index contributed by atoms with van der Waals surface area (Å²) in [6.45, 7) is 0.